The number of ether oxygens (including phenoxy) is 1. The Labute approximate surface area is 122 Å². The molecule has 0 radical (unpaired) electrons. The molecular formula is C17H28O3. The Bertz CT molecular complexity index is 414. The van der Waals surface area contributed by atoms with Crippen LogP contribution in [0.15, 0.2) is 12.2 Å². The molecule has 3 nitrogen and oxygen atoms in total. The lowest BCUT2D eigenvalue weighted by Crippen LogP contribution is -2.62. The van der Waals surface area contributed by atoms with Crippen molar-refractivity contribution in [3.05, 3.63) is 12.2 Å². The fourth-order valence-corrected chi connectivity index (χ4v) is 4.66. The van der Waals surface area contributed by atoms with Crippen LogP contribution in [0.5, 0.6) is 0 Å². The minimum Gasteiger partial charge on any atom is -0.459 e. The van der Waals surface area contributed by atoms with Crippen molar-refractivity contribution in [2.45, 2.75) is 71.0 Å². The summed E-state index contributed by atoms with van der Waals surface area (Å²) in [6.45, 7) is 11.9. The zero-order chi connectivity index (χ0) is 15.1. The summed E-state index contributed by atoms with van der Waals surface area (Å²) < 4.78 is 5.65. The van der Waals surface area contributed by atoms with E-state index in [1.54, 1.807) is 0 Å². The minimum absolute atomic E-state index is 0.0190. The van der Waals surface area contributed by atoms with E-state index in [0.717, 1.165) is 31.3 Å². The van der Waals surface area contributed by atoms with Crippen LogP contribution < -0.4 is 0 Å². The van der Waals surface area contributed by atoms with Crippen molar-refractivity contribution in [1.29, 1.82) is 0 Å². The van der Waals surface area contributed by atoms with Crippen molar-refractivity contribution in [2.24, 2.45) is 17.8 Å². The van der Waals surface area contributed by atoms with Crippen LogP contribution in [0.2, 0.25) is 0 Å². The van der Waals surface area contributed by atoms with Gasteiger partial charge in [0.05, 0.1) is 5.60 Å². The topological polar surface area (TPSA) is 46.5 Å². The van der Waals surface area contributed by atoms with Gasteiger partial charge in [-0.05, 0) is 50.9 Å². The molecule has 0 aromatic carbocycles. The molecule has 1 N–H and O–H groups in total. The number of esters is 1. The summed E-state index contributed by atoms with van der Waals surface area (Å²) in [6.07, 6.45) is 4.19. The van der Waals surface area contributed by atoms with Crippen molar-refractivity contribution in [2.75, 3.05) is 0 Å². The molecule has 0 aliphatic heterocycles. The van der Waals surface area contributed by atoms with Gasteiger partial charge in [-0.2, -0.15) is 0 Å². The Kier molecular flexibility index (Phi) is 4.03. The largest absolute Gasteiger partial charge is 0.459 e. The number of aliphatic hydroxyl groups is 1. The van der Waals surface area contributed by atoms with E-state index in [1.807, 2.05) is 6.92 Å². The molecule has 0 aromatic heterocycles. The molecule has 2 rings (SSSR count). The van der Waals surface area contributed by atoms with Crippen LogP contribution in [0.4, 0.5) is 0 Å². The van der Waals surface area contributed by atoms with E-state index in [0.29, 0.717) is 12.3 Å². The fourth-order valence-electron chi connectivity index (χ4n) is 4.66. The smallest absolute Gasteiger partial charge is 0.303 e. The van der Waals surface area contributed by atoms with Crippen molar-refractivity contribution < 1.29 is 14.6 Å². The van der Waals surface area contributed by atoms with Crippen LogP contribution in [0.1, 0.15) is 59.8 Å². The fraction of sp³-hybridized carbons (Fsp3) is 0.824. The van der Waals surface area contributed by atoms with E-state index in [-0.39, 0.29) is 17.8 Å². The molecule has 2 aliphatic rings. The monoisotopic (exact) mass is 280 g/mol. The van der Waals surface area contributed by atoms with Gasteiger partial charge in [0, 0.05) is 12.8 Å². The Morgan fingerprint density at radius 1 is 1.45 bits per heavy atom. The zero-order valence-electron chi connectivity index (χ0n) is 13.2. The molecule has 0 spiro atoms. The lowest BCUT2D eigenvalue weighted by molar-refractivity contribution is -0.215. The lowest BCUT2D eigenvalue weighted by Gasteiger charge is -2.57. The summed E-state index contributed by atoms with van der Waals surface area (Å²) in [5.41, 5.74) is -0.181. The van der Waals surface area contributed by atoms with Gasteiger partial charge in [-0.25, -0.2) is 0 Å². The lowest BCUT2D eigenvalue weighted by atomic mass is 9.54. The van der Waals surface area contributed by atoms with E-state index in [2.05, 4.69) is 20.4 Å². The van der Waals surface area contributed by atoms with Crippen molar-refractivity contribution in [3.63, 3.8) is 0 Å². The summed E-state index contributed by atoms with van der Waals surface area (Å²) in [5.74, 6) is 0.455. The van der Waals surface area contributed by atoms with Crippen LogP contribution in [-0.2, 0) is 9.53 Å². The molecule has 2 saturated carbocycles. The molecule has 3 heteroatoms. The van der Waals surface area contributed by atoms with Gasteiger partial charge in [-0.3, -0.25) is 4.79 Å². The number of fused-ring (bicyclic) bond motifs is 1. The summed E-state index contributed by atoms with van der Waals surface area (Å²) in [7, 11) is 0. The first kappa shape index (κ1) is 15.6. The third kappa shape index (κ3) is 2.52. The Balaban J connectivity index is 2.36. The molecule has 20 heavy (non-hydrogen) atoms. The maximum Gasteiger partial charge on any atom is 0.303 e. The van der Waals surface area contributed by atoms with Crippen molar-refractivity contribution >= 4 is 5.97 Å². The second-order valence-electron chi connectivity index (χ2n) is 7.30. The average molecular weight is 280 g/mol. The SMILES string of the molecule is C=C1CC[C@H]2[C@@](O)(C1)[C@H](C(C)C)CC[C@@]2(C)OC(C)=O. The second-order valence-corrected chi connectivity index (χ2v) is 7.30. The van der Waals surface area contributed by atoms with E-state index in [9.17, 15) is 9.90 Å². The summed E-state index contributed by atoms with van der Waals surface area (Å²) in [6, 6.07) is 0. The number of carbonyl (C=O) groups is 1. The first-order valence-electron chi connectivity index (χ1n) is 7.77. The van der Waals surface area contributed by atoms with Gasteiger partial charge in [0.2, 0.25) is 0 Å². The summed E-state index contributed by atoms with van der Waals surface area (Å²) in [5, 5.41) is 11.4. The molecular weight excluding hydrogens is 252 g/mol. The second kappa shape index (κ2) is 5.18. The van der Waals surface area contributed by atoms with Gasteiger partial charge < -0.3 is 9.84 Å². The molecule has 0 amide bonds. The predicted molar refractivity (Wildman–Crippen MR) is 79.2 cm³/mol. The van der Waals surface area contributed by atoms with Crippen LogP contribution in [0.25, 0.3) is 0 Å². The van der Waals surface area contributed by atoms with Crippen molar-refractivity contribution in [1.82, 2.24) is 0 Å². The van der Waals surface area contributed by atoms with Gasteiger partial charge >= 0.3 is 5.97 Å². The maximum atomic E-state index is 11.5. The van der Waals surface area contributed by atoms with Gasteiger partial charge in [0.1, 0.15) is 5.60 Å². The van der Waals surface area contributed by atoms with E-state index >= 15 is 0 Å². The van der Waals surface area contributed by atoms with Crippen LogP contribution in [0, 0.1) is 17.8 Å². The molecule has 0 saturated heterocycles. The quantitative estimate of drug-likeness (QED) is 0.622. The molecule has 2 aliphatic carbocycles. The first-order chi connectivity index (χ1) is 9.19. The van der Waals surface area contributed by atoms with E-state index < -0.39 is 11.2 Å². The standard InChI is InChI=1S/C17H28O3/c1-11(2)14-8-9-16(5,20-13(4)18)15-7-6-12(3)10-17(14,15)19/h11,14-15,19H,3,6-10H2,1-2,4-5H3/t14-,15+,16+,17+/m0/s1. The van der Waals surface area contributed by atoms with Gasteiger partial charge in [-0.1, -0.05) is 26.0 Å². The Morgan fingerprint density at radius 2 is 2.10 bits per heavy atom. The number of hydrogen-bond acceptors (Lipinski definition) is 3. The highest BCUT2D eigenvalue weighted by molar-refractivity contribution is 5.66. The van der Waals surface area contributed by atoms with Gasteiger partial charge in [-0.15, -0.1) is 0 Å². The summed E-state index contributed by atoms with van der Waals surface area (Å²) in [4.78, 5) is 11.5. The normalized spacial score (nSPS) is 41.4. The Morgan fingerprint density at radius 3 is 2.65 bits per heavy atom. The predicted octanol–water partition coefficient (Wildman–Crippen LogP) is 3.46. The first-order valence-corrected chi connectivity index (χ1v) is 7.77. The summed E-state index contributed by atoms with van der Waals surface area (Å²) >= 11 is 0. The highest BCUT2D eigenvalue weighted by atomic mass is 16.6. The van der Waals surface area contributed by atoms with E-state index in [1.165, 1.54) is 6.92 Å². The van der Waals surface area contributed by atoms with Crippen LogP contribution in [0.3, 0.4) is 0 Å². The Hall–Kier alpha value is -0.830. The number of hydrogen-bond donors (Lipinski definition) is 1. The van der Waals surface area contributed by atoms with Crippen LogP contribution >= 0.6 is 0 Å². The average Bonchev–Trinajstić information content (AvgIpc) is 2.25. The molecule has 0 bridgehead atoms. The number of rotatable bonds is 2. The maximum absolute atomic E-state index is 11.5. The molecule has 2 fully saturated rings. The molecule has 0 heterocycles. The molecule has 114 valence electrons. The van der Waals surface area contributed by atoms with Gasteiger partial charge in [0.15, 0.2) is 0 Å². The third-order valence-corrected chi connectivity index (χ3v) is 5.44. The minimum atomic E-state index is -0.772. The third-order valence-electron chi connectivity index (χ3n) is 5.44. The van der Waals surface area contributed by atoms with Gasteiger partial charge in [0.25, 0.3) is 0 Å². The number of carbonyl (C=O) groups excluding carboxylic acids is 1. The van der Waals surface area contributed by atoms with Crippen LogP contribution in [-0.4, -0.2) is 22.3 Å². The van der Waals surface area contributed by atoms with Crippen molar-refractivity contribution in [3.8, 4) is 0 Å². The zero-order valence-corrected chi connectivity index (χ0v) is 13.2. The van der Waals surface area contributed by atoms with E-state index in [4.69, 9.17) is 4.74 Å². The highest BCUT2D eigenvalue weighted by Crippen LogP contribution is 2.55. The highest BCUT2D eigenvalue weighted by Gasteiger charge is 2.58. The molecule has 0 unspecified atom stereocenters. The molecule has 4 atom stereocenters. The molecule has 0 aromatic rings.